The second kappa shape index (κ2) is 6.63. The molecule has 0 bridgehead atoms. The first-order valence-corrected chi connectivity index (χ1v) is 7.88. The molecule has 1 aliphatic heterocycles. The number of carbonyl (C=O) groups is 1. The number of piperidine rings is 1. The molecule has 2 rings (SSSR count). The molecule has 24 heavy (non-hydrogen) atoms. The average Bonchev–Trinajstić information content (AvgIpc) is 2.45. The molecular formula is C17H23F3N2O2. The Morgan fingerprint density at radius 2 is 1.96 bits per heavy atom. The monoisotopic (exact) mass is 344 g/mol. The van der Waals surface area contributed by atoms with Crippen LogP contribution < -0.4 is 5.73 Å². The van der Waals surface area contributed by atoms with E-state index >= 15 is 0 Å². The van der Waals surface area contributed by atoms with Crippen LogP contribution in [0.1, 0.15) is 44.2 Å². The highest BCUT2D eigenvalue weighted by atomic mass is 19.4. The van der Waals surface area contributed by atoms with Crippen molar-refractivity contribution >= 4 is 6.09 Å². The normalized spacial score (nSPS) is 22.4. The predicted molar refractivity (Wildman–Crippen MR) is 84.6 cm³/mol. The molecule has 1 heterocycles. The summed E-state index contributed by atoms with van der Waals surface area (Å²) in [6.07, 6.45) is -4.36. The number of ether oxygens (including phenoxy) is 1. The molecule has 1 aromatic rings. The molecular weight excluding hydrogens is 321 g/mol. The van der Waals surface area contributed by atoms with E-state index in [1.165, 1.54) is 11.0 Å². The first-order chi connectivity index (χ1) is 11.0. The Kier molecular flexibility index (Phi) is 5.13. The molecule has 0 unspecified atom stereocenters. The number of hydrogen-bond donors (Lipinski definition) is 1. The lowest BCUT2D eigenvalue weighted by Gasteiger charge is -2.38. The van der Waals surface area contributed by atoms with Crippen molar-refractivity contribution in [3.8, 4) is 0 Å². The SMILES string of the molecule is CC(C)(C)OC(=O)N1CC[C@@H](N)[C@@H](c2cccc(C(F)(F)F)c2)C1. The number of hydrogen-bond acceptors (Lipinski definition) is 3. The molecule has 134 valence electrons. The zero-order valence-corrected chi connectivity index (χ0v) is 14.1. The Labute approximate surface area is 139 Å². The number of nitrogens with two attached hydrogens (primary N) is 1. The van der Waals surface area contributed by atoms with Gasteiger partial charge in [0.1, 0.15) is 5.60 Å². The molecule has 1 saturated heterocycles. The molecule has 0 aromatic heterocycles. The molecule has 0 spiro atoms. The number of alkyl halides is 3. The minimum atomic E-state index is -4.40. The third-order valence-electron chi connectivity index (χ3n) is 3.96. The van der Waals surface area contributed by atoms with Gasteiger partial charge in [-0.2, -0.15) is 13.2 Å². The van der Waals surface area contributed by atoms with E-state index in [0.29, 0.717) is 18.5 Å². The van der Waals surface area contributed by atoms with Crippen LogP contribution in [-0.4, -0.2) is 35.7 Å². The summed E-state index contributed by atoms with van der Waals surface area (Å²) >= 11 is 0. The van der Waals surface area contributed by atoms with E-state index in [1.54, 1.807) is 26.8 Å². The first kappa shape index (κ1) is 18.6. The molecule has 1 aromatic carbocycles. The summed E-state index contributed by atoms with van der Waals surface area (Å²) in [5, 5.41) is 0. The summed E-state index contributed by atoms with van der Waals surface area (Å²) in [6.45, 7) is 5.99. The van der Waals surface area contributed by atoms with Crippen LogP contribution in [0.5, 0.6) is 0 Å². The van der Waals surface area contributed by atoms with E-state index in [0.717, 1.165) is 12.1 Å². The molecule has 0 saturated carbocycles. The maximum atomic E-state index is 12.9. The van der Waals surface area contributed by atoms with Crippen LogP contribution in [0.15, 0.2) is 24.3 Å². The van der Waals surface area contributed by atoms with Crippen LogP contribution in [0.3, 0.4) is 0 Å². The van der Waals surface area contributed by atoms with Gasteiger partial charge in [0.05, 0.1) is 5.56 Å². The number of benzene rings is 1. The summed E-state index contributed by atoms with van der Waals surface area (Å²) in [7, 11) is 0. The molecule has 1 aliphatic rings. The lowest BCUT2D eigenvalue weighted by Crippen LogP contribution is -2.49. The van der Waals surface area contributed by atoms with E-state index in [9.17, 15) is 18.0 Å². The number of rotatable bonds is 1. The van der Waals surface area contributed by atoms with Crippen molar-refractivity contribution in [3.63, 3.8) is 0 Å². The van der Waals surface area contributed by atoms with Gasteiger partial charge in [0, 0.05) is 25.0 Å². The van der Waals surface area contributed by atoms with Crippen molar-refractivity contribution in [3.05, 3.63) is 35.4 Å². The highest BCUT2D eigenvalue weighted by Crippen LogP contribution is 2.33. The van der Waals surface area contributed by atoms with E-state index in [4.69, 9.17) is 10.5 Å². The third kappa shape index (κ3) is 4.63. The molecule has 7 heteroatoms. The number of carbonyl (C=O) groups excluding carboxylic acids is 1. The summed E-state index contributed by atoms with van der Waals surface area (Å²) in [5.74, 6) is -0.353. The summed E-state index contributed by atoms with van der Waals surface area (Å²) in [4.78, 5) is 13.7. The van der Waals surface area contributed by atoms with Gasteiger partial charge in [-0.25, -0.2) is 4.79 Å². The van der Waals surface area contributed by atoms with Gasteiger partial charge in [0.2, 0.25) is 0 Å². The molecule has 2 N–H and O–H groups in total. The molecule has 1 amide bonds. The van der Waals surface area contributed by atoms with Crippen LogP contribution in [-0.2, 0) is 10.9 Å². The Morgan fingerprint density at radius 3 is 2.54 bits per heavy atom. The fourth-order valence-corrected chi connectivity index (χ4v) is 2.76. The van der Waals surface area contributed by atoms with E-state index in [-0.39, 0.29) is 18.5 Å². The smallest absolute Gasteiger partial charge is 0.416 e. The van der Waals surface area contributed by atoms with Crippen molar-refractivity contribution in [1.29, 1.82) is 0 Å². The molecule has 1 fully saturated rings. The van der Waals surface area contributed by atoms with Gasteiger partial charge in [0.15, 0.2) is 0 Å². The minimum Gasteiger partial charge on any atom is -0.444 e. The van der Waals surface area contributed by atoms with Crippen molar-refractivity contribution in [2.24, 2.45) is 5.73 Å². The van der Waals surface area contributed by atoms with Gasteiger partial charge in [-0.3, -0.25) is 0 Å². The Hall–Kier alpha value is -1.76. The lowest BCUT2D eigenvalue weighted by atomic mass is 9.86. The Morgan fingerprint density at radius 1 is 1.29 bits per heavy atom. The zero-order chi connectivity index (χ0) is 18.1. The topological polar surface area (TPSA) is 55.6 Å². The minimum absolute atomic E-state index is 0.247. The van der Waals surface area contributed by atoms with Crippen LogP contribution >= 0.6 is 0 Å². The molecule has 0 radical (unpaired) electrons. The van der Waals surface area contributed by atoms with Gasteiger partial charge >= 0.3 is 12.3 Å². The number of halogens is 3. The van der Waals surface area contributed by atoms with E-state index in [2.05, 4.69) is 0 Å². The fraction of sp³-hybridized carbons (Fsp3) is 0.588. The van der Waals surface area contributed by atoms with E-state index < -0.39 is 23.4 Å². The molecule has 2 atom stereocenters. The quantitative estimate of drug-likeness (QED) is 0.844. The maximum Gasteiger partial charge on any atom is 0.416 e. The van der Waals surface area contributed by atoms with Crippen molar-refractivity contribution in [2.45, 2.75) is 50.9 Å². The van der Waals surface area contributed by atoms with Crippen LogP contribution in [0.4, 0.5) is 18.0 Å². The van der Waals surface area contributed by atoms with Gasteiger partial charge in [0.25, 0.3) is 0 Å². The number of likely N-dealkylation sites (tertiary alicyclic amines) is 1. The number of amides is 1. The summed E-state index contributed by atoms with van der Waals surface area (Å²) in [5.41, 5.74) is 5.26. The second-order valence-corrected chi connectivity index (χ2v) is 7.11. The number of nitrogens with zero attached hydrogens (tertiary/aromatic N) is 1. The third-order valence-corrected chi connectivity index (χ3v) is 3.96. The van der Waals surface area contributed by atoms with Gasteiger partial charge in [-0.15, -0.1) is 0 Å². The standard InChI is InChI=1S/C17H23F3N2O2/c1-16(2,3)24-15(23)22-8-7-14(21)13(10-22)11-5-4-6-12(9-11)17(18,19)20/h4-6,9,13-14H,7-8,10,21H2,1-3H3/t13-,14-/m1/s1. The van der Waals surface area contributed by atoms with Crippen molar-refractivity contribution in [1.82, 2.24) is 4.90 Å². The van der Waals surface area contributed by atoms with Gasteiger partial charge < -0.3 is 15.4 Å². The van der Waals surface area contributed by atoms with E-state index in [1.807, 2.05) is 0 Å². The summed E-state index contributed by atoms with van der Waals surface area (Å²) < 4.78 is 44.1. The Balaban J connectivity index is 2.19. The molecule has 4 nitrogen and oxygen atoms in total. The van der Waals surface area contributed by atoms with Gasteiger partial charge in [-0.05, 0) is 38.8 Å². The van der Waals surface area contributed by atoms with Crippen LogP contribution in [0.2, 0.25) is 0 Å². The summed E-state index contributed by atoms with van der Waals surface area (Å²) in [6, 6.07) is 4.84. The maximum absolute atomic E-state index is 12.9. The van der Waals surface area contributed by atoms with Crippen molar-refractivity contribution < 1.29 is 22.7 Å². The predicted octanol–water partition coefficient (Wildman–Crippen LogP) is 3.76. The van der Waals surface area contributed by atoms with Gasteiger partial charge in [-0.1, -0.05) is 18.2 Å². The average molecular weight is 344 g/mol. The first-order valence-electron chi connectivity index (χ1n) is 7.88. The zero-order valence-electron chi connectivity index (χ0n) is 14.1. The Bertz CT molecular complexity index is 596. The van der Waals surface area contributed by atoms with Crippen LogP contribution in [0, 0.1) is 0 Å². The second-order valence-electron chi connectivity index (χ2n) is 7.11. The lowest BCUT2D eigenvalue weighted by molar-refractivity contribution is -0.137. The fourth-order valence-electron chi connectivity index (χ4n) is 2.76. The van der Waals surface area contributed by atoms with Crippen molar-refractivity contribution in [2.75, 3.05) is 13.1 Å². The highest BCUT2D eigenvalue weighted by molar-refractivity contribution is 5.68. The largest absolute Gasteiger partial charge is 0.444 e. The van der Waals surface area contributed by atoms with Crippen LogP contribution in [0.25, 0.3) is 0 Å². The molecule has 0 aliphatic carbocycles. The highest BCUT2D eigenvalue weighted by Gasteiger charge is 2.35.